The standard InChI is InChI=1S/C22H20N6/c23-11-18-10-19-20-9-17(12-26-22(20)27-21(19)13-25-18)16-3-1-15(2-4-16)14-28-7-5-24-6-8-28/h1-4,9-10,12-13,24H,5-8,14H2,(H,26,27). The molecule has 28 heavy (non-hydrogen) atoms. The molecule has 6 nitrogen and oxygen atoms in total. The van der Waals surface area contributed by atoms with E-state index < -0.39 is 0 Å². The minimum absolute atomic E-state index is 0.413. The number of nitrogens with zero attached hydrogens (tertiary/aromatic N) is 4. The fourth-order valence-electron chi connectivity index (χ4n) is 3.82. The minimum Gasteiger partial charge on any atom is -0.338 e. The lowest BCUT2D eigenvalue weighted by Gasteiger charge is -2.27. The lowest BCUT2D eigenvalue weighted by atomic mass is 10.0. The number of rotatable bonds is 3. The Labute approximate surface area is 162 Å². The number of aromatic amines is 1. The summed E-state index contributed by atoms with van der Waals surface area (Å²) in [4.78, 5) is 14.5. The van der Waals surface area contributed by atoms with Gasteiger partial charge in [-0.2, -0.15) is 5.26 Å². The van der Waals surface area contributed by atoms with Crippen LogP contribution in [-0.4, -0.2) is 46.0 Å². The zero-order valence-electron chi connectivity index (χ0n) is 15.4. The van der Waals surface area contributed by atoms with Gasteiger partial charge in [0, 0.05) is 55.3 Å². The molecule has 3 aromatic heterocycles. The Morgan fingerprint density at radius 1 is 0.964 bits per heavy atom. The first-order valence-corrected chi connectivity index (χ1v) is 9.50. The number of nitriles is 1. The van der Waals surface area contributed by atoms with Gasteiger partial charge in [0.25, 0.3) is 0 Å². The predicted octanol–water partition coefficient (Wildman–Crippen LogP) is 3.05. The number of benzene rings is 1. The zero-order chi connectivity index (χ0) is 18.9. The summed E-state index contributed by atoms with van der Waals surface area (Å²) in [5.41, 5.74) is 5.66. The summed E-state index contributed by atoms with van der Waals surface area (Å²) in [5, 5.41) is 14.5. The van der Waals surface area contributed by atoms with Gasteiger partial charge < -0.3 is 10.3 Å². The number of H-pyrrole nitrogens is 1. The topological polar surface area (TPSA) is 80.6 Å². The van der Waals surface area contributed by atoms with E-state index in [9.17, 15) is 0 Å². The predicted molar refractivity (Wildman–Crippen MR) is 110 cm³/mol. The molecule has 1 aromatic carbocycles. The molecule has 0 aliphatic carbocycles. The Morgan fingerprint density at radius 3 is 2.57 bits per heavy atom. The number of nitrogens with one attached hydrogen (secondary N) is 2. The van der Waals surface area contributed by atoms with Crippen LogP contribution < -0.4 is 5.32 Å². The molecule has 0 amide bonds. The number of hydrogen-bond donors (Lipinski definition) is 2. The zero-order valence-corrected chi connectivity index (χ0v) is 15.4. The molecule has 1 saturated heterocycles. The summed E-state index contributed by atoms with van der Waals surface area (Å²) >= 11 is 0. The molecular formula is C22H20N6. The average molecular weight is 368 g/mol. The average Bonchev–Trinajstić information content (AvgIpc) is 3.12. The first-order valence-electron chi connectivity index (χ1n) is 9.50. The monoisotopic (exact) mass is 368 g/mol. The van der Waals surface area contributed by atoms with E-state index in [4.69, 9.17) is 5.26 Å². The van der Waals surface area contributed by atoms with Crippen LogP contribution >= 0.6 is 0 Å². The van der Waals surface area contributed by atoms with E-state index in [1.165, 1.54) is 5.56 Å². The summed E-state index contributed by atoms with van der Waals surface area (Å²) < 4.78 is 0. The molecule has 0 atom stereocenters. The Hall–Kier alpha value is -3.27. The van der Waals surface area contributed by atoms with Gasteiger partial charge >= 0.3 is 0 Å². The molecule has 2 N–H and O–H groups in total. The van der Waals surface area contributed by atoms with Crippen molar-refractivity contribution in [2.24, 2.45) is 0 Å². The first-order chi connectivity index (χ1) is 13.8. The van der Waals surface area contributed by atoms with E-state index in [1.54, 1.807) is 6.20 Å². The van der Waals surface area contributed by atoms with E-state index in [0.717, 1.165) is 65.8 Å². The van der Waals surface area contributed by atoms with Crippen molar-refractivity contribution >= 4 is 21.9 Å². The highest BCUT2D eigenvalue weighted by Crippen LogP contribution is 2.28. The SMILES string of the molecule is N#Cc1cc2c(cn1)[nH]c1ncc(-c3ccc(CN4CCNCC4)cc3)cc12. The van der Waals surface area contributed by atoms with Crippen molar-refractivity contribution in [3.8, 4) is 17.2 Å². The summed E-state index contributed by atoms with van der Waals surface area (Å²) in [6, 6.07) is 14.8. The van der Waals surface area contributed by atoms with Crippen LogP contribution in [0.1, 0.15) is 11.3 Å². The molecule has 0 radical (unpaired) electrons. The third kappa shape index (κ3) is 3.11. The molecule has 1 fully saturated rings. The maximum absolute atomic E-state index is 9.14. The molecule has 4 heterocycles. The third-order valence-electron chi connectivity index (χ3n) is 5.35. The second-order valence-electron chi connectivity index (χ2n) is 7.20. The van der Waals surface area contributed by atoms with E-state index in [1.807, 2.05) is 12.3 Å². The Kier molecular flexibility index (Phi) is 4.24. The third-order valence-corrected chi connectivity index (χ3v) is 5.35. The molecule has 138 valence electrons. The number of pyridine rings is 2. The summed E-state index contributed by atoms with van der Waals surface area (Å²) in [6.45, 7) is 5.32. The van der Waals surface area contributed by atoms with Gasteiger partial charge in [-0.3, -0.25) is 4.90 Å². The van der Waals surface area contributed by atoms with Gasteiger partial charge in [-0.15, -0.1) is 0 Å². The van der Waals surface area contributed by atoms with E-state index in [2.05, 4.69) is 61.6 Å². The molecular weight excluding hydrogens is 348 g/mol. The summed E-state index contributed by atoms with van der Waals surface area (Å²) in [6.07, 6.45) is 3.59. The van der Waals surface area contributed by atoms with Crippen LogP contribution in [0, 0.1) is 11.3 Å². The Bertz CT molecular complexity index is 1180. The van der Waals surface area contributed by atoms with Gasteiger partial charge in [-0.25, -0.2) is 9.97 Å². The van der Waals surface area contributed by atoms with E-state index >= 15 is 0 Å². The lowest BCUT2D eigenvalue weighted by Crippen LogP contribution is -2.42. The molecule has 1 aliphatic rings. The minimum atomic E-state index is 0.413. The normalized spacial score (nSPS) is 15.1. The fraction of sp³-hybridized carbons (Fsp3) is 0.227. The number of piperazine rings is 1. The summed E-state index contributed by atoms with van der Waals surface area (Å²) in [5.74, 6) is 0. The largest absolute Gasteiger partial charge is 0.338 e. The van der Waals surface area contributed by atoms with Crippen LogP contribution in [0.25, 0.3) is 33.1 Å². The van der Waals surface area contributed by atoms with Crippen LogP contribution in [-0.2, 0) is 6.54 Å². The fourth-order valence-corrected chi connectivity index (χ4v) is 3.82. The molecule has 4 aromatic rings. The van der Waals surface area contributed by atoms with Crippen LogP contribution in [0.15, 0.2) is 48.8 Å². The number of hydrogen-bond acceptors (Lipinski definition) is 5. The van der Waals surface area contributed by atoms with Crippen molar-refractivity contribution < 1.29 is 0 Å². The molecule has 6 heteroatoms. The summed E-state index contributed by atoms with van der Waals surface area (Å²) in [7, 11) is 0. The molecule has 5 rings (SSSR count). The second-order valence-corrected chi connectivity index (χ2v) is 7.20. The maximum Gasteiger partial charge on any atom is 0.141 e. The van der Waals surface area contributed by atoms with Crippen molar-refractivity contribution in [3.63, 3.8) is 0 Å². The van der Waals surface area contributed by atoms with Crippen molar-refractivity contribution in [2.75, 3.05) is 26.2 Å². The molecule has 0 bridgehead atoms. The maximum atomic E-state index is 9.14. The van der Waals surface area contributed by atoms with Crippen molar-refractivity contribution in [2.45, 2.75) is 6.54 Å². The lowest BCUT2D eigenvalue weighted by molar-refractivity contribution is 0.233. The van der Waals surface area contributed by atoms with Crippen molar-refractivity contribution in [1.29, 1.82) is 5.26 Å². The van der Waals surface area contributed by atoms with Gasteiger partial charge in [-0.05, 0) is 23.3 Å². The quantitative estimate of drug-likeness (QED) is 0.581. The smallest absolute Gasteiger partial charge is 0.141 e. The highest BCUT2D eigenvalue weighted by Gasteiger charge is 2.11. The molecule has 0 spiro atoms. The van der Waals surface area contributed by atoms with E-state index in [-0.39, 0.29) is 0 Å². The Balaban J connectivity index is 1.46. The number of fused-ring (bicyclic) bond motifs is 3. The van der Waals surface area contributed by atoms with Crippen LogP contribution in [0.3, 0.4) is 0 Å². The first kappa shape index (κ1) is 16.9. The molecule has 0 saturated carbocycles. The van der Waals surface area contributed by atoms with Crippen LogP contribution in [0.2, 0.25) is 0 Å². The van der Waals surface area contributed by atoms with Gasteiger partial charge in [-0.1, -0.05) is 24.3 Å². The molecule has 1 aliphatic heterocycles. The van der Waals surface area contributed by atoms with Crippen LogP contribution in [0.4, 0.5) is 0 Å². The highest BCUT2D eigenvalue weighted by molar-refractivity contribution is 6.06. The van der Waals surface area contributed by atoms with Gasteiger partial charge in [0.15, 0.2) is 0 Å². The number of aromatic nitrogens is 3. The van der Waals surface area contributed by atoms with Gasteiger partial charge in [0.2, 0.25) is 0 Å². The van der Waals surface area contributed by atoms with Gasteiger partial charge in [0.1, 0.15) is 17.4 Å². The van der Waals surface area contributed by atoms with Crippen LogP contribution in [0.5, 0.6) is 0 Å². The van der Waals surface area contributed by atoms with Crippen molar-refractivity contribution in [1.82, 2.24) is 25.2 Å². The second kappa shape index (κ2) is 7.04. The van der Waals surface area contributed by atoms with Gasteiger partial charge in [0.05, 0.1) is 11.7 Å². The Morgan fingerprint density at radius 2 is 1.79 bits per heavy atom. The van der Waals surface area contributed by atoms with Crippen molar-refractivity contribution in [3.05, 3.63) is 60.0 Å². The van der Waals surface area contributed by atoms with E-state index in [0.29, 0.717) is 5.69 Å². The highest BCUT2D eigenvalue weighted by atomic mass is 15.2. The molecule has 0 unspecified atom stereocenters.